The Morgan fingerprint density at radius 3 is 2.69 bits per heavy atom. The molecular formula is C11H12F3NO. The molecule has 1 aromatic rings. The van der Waals surface area contributed by atoms with Gasteiger partial charge in [-0.15, -0.1) is 0 Å². The summed E-state index contributed by atoms with van der Waals surface area (Å²) in [5, 5.41) is 0. The molecule has 0 aliphatic carbocycles. The van der Waals surface area contributed by atoms with Gasteiger partial charge in [0.25, 0.3) is 0 Å². The minimum atomic E-state index is -4.36. The van der Waals surface area contributed by atoms with Crippen LogP contribution in [0.5, 0.6) is 5.75 Å². The van der Waals surface area contributed by atoms with Gasteiger partial charge in [-0.2, -0.15) is 13.2 Å². The summed E-state index contributed by atoms with van der Waals surface area (Å²) >= 11 is 0. The number of fused-ring (bicyclic) bond motifs is 1. The van der Waals surface area contributed by atoms with Crippen molar-refractivity contribution in [2.45, 2.75) is 18.6 Å². The van der Waals surface area contributed by atoms with E-state index in [2.05, 4.69) is 0 Å². The second-order valence-corrected chi connectivity index (χ2v) is 3.95. The molecule has 0 aromatic heterocycles. The van der Waals surface area contributed by atoms with Gasteiger partial charge in [-0.1, -0.05) is 18.2 Å². The van der Waals surface area contributed by atoms with Gasteiger partial charge in [0, 0.05) is 5.92 Å². The highest BCUT2D eigenvalue weighted by Crippen LogP contribution is 2.32. The number of rotatable bonds is 1. The lowest BCUT2D eigenvalue weighted by Crippen LogP contribution is -2.47. The van der Waals surface area contributed by atoms with Crippen molar-refractivity contribution in [3.05, 3.63) is 29.8 Å². The van der Waals surface area contributed by atoms with Crippen LogP contribution < -0.4 is 10.5 Å². The van der Waals surface area contributed by atoms with E-state index in [1.165, 1.54) is 0 Å². The van der Waals surface area contributed by atoms with Crippen LogP contribution in [0.3, 0.4) is 0 Å². The van der Waals surface area contributed by atoms with Crippen LogP contribution in [0.15, 0.2) is 24.3 Å². The molecular weight excluding hydrogens is 219 g/mol. The molecule has 0 saturated carbocycles. The summed E-state index contributed by atoms with van der Waals surface area (Å²) in [4.78, 5) is 0. The fourth-order valence-corrected chi connectivity index (χ4v) is 1.85. The average molecular weight is 231 g/mol. The van der Waals surface area contributed by atoms with Gasteiger partial charge in [-0.3, -0.25) is 0 Å². The highest BCUT2D eigenvalue weighted by Gasteiger charge is 2.43. The Morgan fingerprint density at radius 2 is 2.00 bits per heavy atom. The van der Waals surface area contributed by atoms with Crippen molar-refractivity contribution >= 4 is 0 Å². The molecule has 88 valence electrons. The highest BCUT2D eigenvalue weighted by molar-refractivity contribution is 5.35. The standard InChI is InChI=1S/C11H12F3NO/c12-11(13,14)10(15)8-5-7-3-1-2-4-9(7)16-6-8/h1-4,8,10H,5-6,15H2. The van der Waals surface area contributed by atoms with E-state index < -0.39 is 18.1 Å². The van der Waals surface area contributed by atoms with Gasteiger partial charge >= 0.3 is 6.18 Å². The Hall–Kier alpha value is -1.23. The quantitative estimate of drug-likeness (QED) is 0.803. The molecule has 2 rings (SSSR count). The summed E-state index contributed by atoms with van der Waals surface area (Å²) in [5.41, 5.74) is 5.97. The van der Waals surface area contributed by atoms with Crippen LogP contribution in [0.2, 0.25) is 0 Å². The smallest absolute Gasteiger partial charge is 0.404 e. The van der Waals surface area contributed by atoms with Gasteiger partial charge in [0.15, 0.2) is 0 Å². The van der Waals surface area contributed by atoms with E-state index in [0.29, 0.717) is 12.2 Å². The first-order valence-corrected chi connectivity index (χ1v) is 5.01. The molecule has 1 aliphatic rings. The van der Waals surface area contributed by atoms with Gasteiger partial charge in [-0.25, -0.2) is 0 Å². The largest absolute Gasteiger partial charge is 0.493 e. The molecule has 0 amide bonds. The van der Waals surface area contributed by atoms with Crippen molar-refractivity contribution in [3.63, 3.8) is 0 Å². The molecule has 5 heteroatoms. The molecule has 2 unspecified atom stereocenters. The Morgan fingerprint density at radius 1 is 1.31 bits per heavy atom. The zero-order chi connectivity index (χ0) is 11.8. The Balaban J connectivity index is 2.14. The van der Waals surface area contributed by atoms with Crippen LogP contribution >= 0.6 is 0 Å². The van der Waals surface area contributed by atoms with Crippen LogP contribution in [0, 0.1) is 5.92 Å². The number of hydrogen-bond acceptors (Lipinski definition) is 2. The summed E-state index contributed by atoms with van der Waals surface area (Å²) in [5.74, 6) is -0.0389. The Kier molecular flexibility index (Phi) is 2.80. The normalized spacial score (nSPS) is 22.1. The topological polar surface area (TPSA) is 35.2 Å². The first-order chi connectivity index (χ1) is 7.48. The third-order valence-electron chi connectivity index (χ3n) is 2.79. The first kappa shape index (κ1) is 11.3. The molecule has 1 aliphatic heterocycles. The summed E-state index contributed by atoms with van der Waals surface area (Å²) in [6.07, 6.45) is -4.04. The molecule has 0 spiro atoms. The van der Waals surface area contributed by atoms with Crippen LogP contribution in [0.1, 0.15) is 5.56 Å². The summed E-state index contributed by atoms with van der Waals surface area (Å²) < 4.78 is 42.6. The third-order valence-corrected chi connectivity index (χ3v) is 2.79. The lowest BCUT2D eigenvalue weighted by Gasteiger charge is -2.30. The van der Waals surface area contributed by atoms with Crippen molar-refractivity contribution in [3.8, 4) is 5.75 Å². The number of halogens is 3. The SMILES string of the molecule is NC(C1COc2ccccc2C1)C(F)(F)F. The molecule has 0 radical (unpaired) electrons. The molecule has 1 heterocycles. The predicted octanol–water partition coefficient (Wildman–Crippen LogP) is 2.13. The van der Waals surface area contributed by atoms with Gasteiger partial charge < -0.3 is 10.5 Å². The van der Waals surface area contributed by atoms with Gasteiger partial charge in [-0.05, 0) is 18.1 Å². The van der Waals surface area contributed by atoms with Crippen molar-refractivity contribution in [1.82, 2.24) is 0 Å². The Labute approximate surface area is 91.2 Å². The molecule has 0 fully saturated rings. The minimum absolute atomic E-state index is 0.0255. The molecule has 0 bridgehead atoms. The first-order valence-electron chi connectivity index (χ1n) is 5.01. The predicted molar refractivity (Wildman–Crippen MR) is 53.2 cm³/mol. The van der Waals surface area contributed by atoms with E-state index in [9.17, 15) is 13.2 Å². The van der Waals surface area contributed by atoms with Gasteiger partial charge in [0.05, 0.1) is 6.61 Å². The van der Waals surface area contributed by atoms with E-state index in [-0.39, 0.29) is 6.61 Å². The maximum Gasteiger partial charge on any atom is 0.404 e. The number of benzene rings is 1. The second-order valence-electron chi connectivity index (χ2n) is 3.95. The molecule has 2 N–H and O–H groups in total. The van der Waals surface area contributed by atoms with E-state index in [4.69, 9.17) is 10.5 Å². The zero-order valence-corrected chi connectivity index (χ0v) is 8.50. The van der Waals surface area contributed by atoms with Crippen molar-refractivity contribution in [2.75, 3.05) is 6.61 Å². The zero-order valence-electron chi connectivity index (χ0n) is 8.50. The molecule has 2 nitrogen and oxygen atoms in total. The van der Waals surface area contributed by atoms with E-state index >= 15 is 0 Å². The van der Waals surface area contributed by atoms with Crippen molar-refractivity contribution < 1.29 is 17.9 Å². The summed E-state index contributed by atoms with van der Waals surface area (Å²) in [6.45, 7) is 0.0255. The van der Waals surface area contributed by atoms with E-state index in [0.717, 1.165) is 5.56 Å². The average Bonchev–Trinajstić information content (AvgIpc) is 2.26. The maximum absolute atomic E-state index is 12.4. The summed E-state index contributed by atoms with van der Waals surface area (Å²) in [7, 11) is 0. The van der Waals surface area contributed by atoms with Crippen LogP contribution in [-0.2, 0) is 6.42 Å². The second kappa shape index (κ2) is 3.97. The molecule has 1 aromatic carbocycles. The van der Waals surface area contributed by atoms with Crippen LogP contribution in [0.4, 0.5) is 13.2 Å². The van der Waals surface area contributed by atoms with Gasteiger partial charge in [0.1, 0.15) is 11.8 Å². The van der Waals surface area contributed by atoms with Crippen LogP contribution in [0.25, 0.3) is 0 Å². The number of para-hydroxylation sites is 1. The van der Waals surface area contributed by atoms with Crippen molar-refractivity contribution in [1.29, 1.82) is 0 Å². The number of alkyl halides is 3. The third kappa shape index (κ3) is 2.14. The fraction of sp³-hybridized carbons (Fsp3) is 0.455. The summed E-state index contributed by atoms with van der Waals surface area (Å²) in [6, 6.07) is 5.28. The number of hydrogen-bond donors (Lipinski definition) is 1. The maximum atomic E-state index is 12.4. The van der Waals surface area contributed by atoms with E-state index in [1.807, 2.05) is 0 Å². The molecule has 2 atom stereocenters. The highest BCUT2D eigenvalue weighted by atomic mass is 19.4. The number of nitrogens with two attached hydrogens (primary N) is 1. The monoisotopic (exact) mass is 231 g/mol. The molecule has 0 saturated heterocycles. The number of ether oxygens (including phenoxy) is 1. The minimum Gasteiger partial charge on any atom is -0.493 e. The lowest BCUT2D eigenvalue weighted by atomic mass is 9.90. The van der Waals surface area contributed by atoms with Gasteiger partial charge in [0.2, 0.25) is 0 Å². The van der Waals surface area contributed by atoms with E-state index in [1.54, 1.807) is 24.3 Å². The Bertz CT molecular complexity index is 378. The van der Waals surface area contributed by atoms with Crippen molar-refractivity contribution in [2.24, 2.45) is 11.7 Å². The fourth-order valence-electron chi connectivity index (χ4n) is 1.85. The molecule has 16 heavy (non-hydrogen) atoms. The lowest BCUT2D eigenvalue weighted by molar-refractivity contribution is -0.162. The van der Waals surface area contributed by atoms with Crippen LogP contribution in [-0.4, -0.2) is 18.8 Å².